The van der Waals surface area contributed by atoms with Gasteiger partial charge in [0.25, 0.3) is 5.91 Å². The molecule has 28 heavy (non-hydrogen) atoms. The maximum Gasteiger partial charge on any atom is 0.255 e. The lowest BCUT2D eigenvalue weighted by atomic mass is 10.1. The molecule has 1 saturated heterocycles. The Morgan fingerprint density at radius 3 is 2.29 bits per heavy atom. The minimum Gasteiger partial charge on any atom is -0.350 e. The largest absolute Gasteiger partial charge is 0.350 e. The summed E-state index contributed by atoms with van der Waals surface area (Å²) in [7, 11) is 0. The molecule has 0 spiro atoms. The Labute approximate surface area is 173 Å². The number of carbonyl (C=O) groups excluding carboxylic acids is 2. The third-order valence-electron chi connectivity index (χ3n) is 4.28. The highest BCUT2D eigenvalue weighted by Gasteiger charge is 2.43. The molecule has 4 nitrogen and oxygen atoms in total. The quantitative estimate of drug-likeness (QED) is 0.786. The van der Waals surface area contributed by atoms with E-state index < -0.39 is 11.6 Å². The van der Waals surface area contributed by atoms with Crippen LogP contribution in [-0.2, 0) is 4.79 Å². The van der Waals surface area contributed by atoms with Crippen LogP contribution in [0.2, 0.25) is 5.02 Å². The van der Waals surface area contributed by atoms with Crippen molar-refractivity contribution in [2.75, 3.05) is 5.75 Å². The van der Waals surface area contributed by atoms with E-state index >= 15 is 0 Å². The summed E-state index contributed by atoms with van der Waals surface area (Å²) in [6, 6.07) is 12.0. The zero-order valence-electron chi connectivity index (χ0n) is 15.9. The number of thioether (sulfide) groups is 1. The summed E-state index contributed by atoms with van der Waals surface area (Å²) in [6.45, 7) is 5.70. The van der Waals surface area contributed by atoms with Crippen molar-refractivity contribution >= 4 is 35.2 Å². The van der Waals surface area contributed by atoms with Crippen LogP contribution in [0.1, 0.15) is 42.1 Å². The molecule has 0 radical (unpaired) electrons. The van der Waals surface area contributed by atoms with Crippen molar-refractivity contribution in [3.63, 3.8) is 0 Å². The first kappa shape index (κ1) is 20.7. The molecule has 148 valence electrons. The average molecular weight is 421 g/mol. The lowest BCUT2D eigenvalue weighted by molar-refractivity contribution is -0.126. The molecule has 2 amide bonds. The number of nitrogens with zero attached hydrogens (tertiary/aromatic N) is 1. The van der Waals surface area contributed by atoms with Gasteiger partial charge < -0.3 is 10.2 Å². The zero-order valence-corrected chi connectivity index (χ0v) is 17.5. The molecule has 1 heterocycles. The van der Waals surface area contributed by atoms with E-state index in [-0.39, 0.29) is 23.0 Å². The zero-order chi connectivity index (χ0) is 20.5. The smallest absolute Gasteiger partial charge is 0.255 e. The van der Waals surface area contributed by atoms with E-state index in [2.05, 4.69) is 5.32 Å². The Morgan fingerprint density at radius 2 is 1.71 bits per heavy atom. The minimum atomic E-state index is -0.623. The molecule has 2 aromatic carbocycles. The van der Waals surface area contributed by atoms with Gasteiger partial charge >= 0.3 is 0 Å². The van der Waals surface area contributed by atoms with Crippen molar-refractivity contribution in [1.29, 1.82) is 0 Å². The fourth-order valence-electron chi connectivity index (χ4n) is 3.04. The molecule has 1 N–H and O–H groups in total. The molecule has 0 saturated carbocycles. The first-order valence-corrected chi connectivity index (χ1v) is 10.4. The van der Waals surface area contributed by atoms with Crippen LogP contribution >= 0.6 is 23.4 Å². The summed E-state index contributed by atoms with van der Waals surface area (Å²) in [5, 5.41) is 3.12. The number of nitrogens with one attached hydrogen (secondary N) is 1. The van der Waals surface area contributed by atoms with Gasteiger partial charge in [-0.2, -0.15) is 0 Å². The molecule has 3 rings (SSSR count). The lowest BCUT2D eigenvalue weighted by Gasteiger charge is -2.31. The molecule has 0 aromatic heterocycles. The first-order chi connectivity index (χ1) is 13.2. The average Bonchev–Trinajstić information content (AvgIpc) is 3.06. The number of carbonyl (C=O) groups is 2. The molecule has 1 aliphatic rings. The molecule has 2 atom stereocenters. The Bertz CT molecular complexity index is 865. The van der Waals surface area contributed by atoms with Gasteiger partial charge in [0, 0.05) is 21.9 Å². The van der Waals surface area contributed by atoms with Crippen LogP contribution in [0.15, 0.2) is 48.5 Å². The summed E-state index contributed by atoms with van der Waals surface area (Å²) in [5.74, 6) is -0.343. The van der Waals surface area contributed by atoms with Crippen LogP contribution in [0.25, 0.3) is 0 Å². The van der Waals surface area contributed by atoms with E-state index in [0.29, 0.717) is 16.3 Å². The SMILES string of the molecule is CC(C)(C)NC(=O)[C@@H]1CS[C@H](c2ccc(F)cc2)N1C(=O)c1ccc(Cl)cc1. The minimum absolute atomic E-state index is 0.202. The highest BCUT2D eigenvalue weighted by atomic mass is 35.5. The van der Waals surface area contributed by atoms with Gasteiger partial charge in [-0.15, -0.1) is 11.8 Å². The van der Waals surface area contributed by atoms with Gasteiger partial charge in [0.05, 0.1) is 0 Å². The lowest BCUT2D eigenvalue weighted by Crippen LogP contribution is -2.52. The Kier molecular flexibility index (Phi) is 6.01. The van der Waals surface area contributed by atoms with Gasteiger partial charge in [-0.3, -0.25) is 9.59 Å². The van der Waals surface area contributed by atoms with E-state index in [4.69, 9.17) is 11.6 Å². The predicted octanol–water partition coefficient (Wildman–Crippen LogP) is 4.65. The summed E-state index contributed by atoms with van der Waals surface area (Å²) < 4.78 is 13.4. The molecule has 0 aliphatic carbocycles. The van der Waals surface area contributed by atoms with E-state index in [0.717, 1.165) is 5.56 Å². The number of halogens is 2. The van der Waals surface area contributed by atoms with Crippen LogP contribution in [0.4, 0.5) is 4.39 Å². The highest BCUT2D eigenvalue weighted by molar-refractivity contribution is 7.99. The molecule has 7 heteroatoms. The fraction of sp³-hybridized carbons (Fsp3) is 0.333. The molecule has 1 fully saturated rings. The maximum absolute atomic E-state index is 13.4. The van der Waals surface area contributed by atoms with Crippen molar-refractivity contribution < 1.29 is 14.0 Å². The van der Waals surface area contributed by atoms with Gasteiger partial charge in [0.2, 0.25) is 5.91 Å². The van der Waals surface area contributed by atoms with Crippen molar-refractivity contribution in [1.82, 2.24) is 10.2 Å². The van der Waals surface area contributed by atoms with E-state index in [1.54, 1.807) is 41.3 Å². The third-order valence-corrected chi connectivity index (χ3v) is 5.86. The Balaban J connectivity index is 1.96. The van der Waals surface area contributed by atoms with Crippen LogP contribution < -0.4 is 5.32 Å². The molecule has 2 aromatic rings. The normalized spacial score (nSPS) is 19.5. The summed E-state index contributed by atoms with van der Waals surface area (Å²) in [5.41, 5.74) is 0.817. The molecule has 0 unspecified atom stereocenters. The Morgan fingerprint density at radius 1 is 1.11 bits per heavy atom. The third kappa shape index (κ3) is 4.67. The second-order valence-electron chi connectivity index (χ2n) is 7.71. The molecular weight excluding hydrogens is 399 g/mol. The van der Waals surface area contributed by atoms with E-state index in [9.17, 15) is 14.0 Å². The van der Waals surface area contributed by atoms with Gasteiger partial charge in [-0.25, -0.2) is 4.39 Å². The molecule has 1 aliphatic heterocycles. The van der Waals surface area contributed by atoms with Crippen molar-refractivity contribution in [3.8, 4) is 0 Å². The topological polar surface area (TPSA) is 49.4 Å². The van der Waals surface area contributed by atoms with Crippen LogP contribution in [0.3, 0.4) is 0 Å². The first-order valence-electron chi connectivity index (χ1n) is 8.93. The monoisotopic (exact) mass is 420 g/mol. The molecular formula is C21H22ClFN2O2S. The number of hydrogen-bond donors (Lipinski definition) is 1. The van der Waals surface area contributed by atoms with Crippen molar-refractivity contribution in [2.24, 2.45) is 0 Å². The molecule has 0 bridgehead atoms. The maximum atomic E-state index is 13.4. The van der Waals surface area contributed by atoms with E-state index in [1.807, 2.05) is 20.8 Å². The second-order valence-corrected chi connectivity index (χ2v) is 9.26. The number of hydrogen-bond acceptors (Lipinski definition) is 3. The fourth-order valence-corrected chi connectivity index (χ4v) is 4.59. The highest BCUT2D eigenvalue weighted by Crippen LogP contribution is 2.42. The predicted molar refractivity (Wildman–Crippen MR) is 111 cm³/mol. The van der Waals surface area contributed by atoms with Gasteiger partial charge in [0.1, 0.15) is 17.2 Å². The number of rotatable bonds is 3. The Hall–Kier alpha value is -2.05. The van der Waals surface area contributed by atoms with Gasteiger partial charge in [-0.1, -0.05) is 23.7 Å². The van der Waals surface area contributed by atoms with Gasteiger partial charge in [-0.05, 0) is 62.7 Å². The summed E-state index contributed by atoms with van der Waals surface area (Å²) in [6.07, 6.45) is 0. The van der Waals surface area contributed by atoms with Crippen molar-refractivity contribution in [2.45, 2.75) is 37.7 Å². The number of benzene rings is 2. The van der Waals surface area contributed by atoms with Crippen molar-refractivity contribution in [3.05, 3.63) is 70.5 Å². The van der Waals surface area contributed by atoms with Crippen LogP contribution in [-0.4, -0.2) is 34.0 Å². The van der Waals surface area contributed by atoms with Crippen LogP contribution in [0.5, 0.6) is 0 Å². The number of amides is 2. The summed E-state index contributed by atoms with van der Waals surface area (Å²) in [4.78, 5) is 27.8. The van der Waals surface area contributed by atoms with Gasteiger partial charge in [0.15, 0.2) is 0 Å². The van der Waals surface area contributed by atoms with Crippen LogP contribution in [0, 0.1) is 5.82 Å². The standard InChI is InChI=1S/C21H22ClFN2O2S/c1-21(2,3)24-18(26)17-12-28-20(14-6-10-16(23)11-7-14)25(17)19(27)13-4-8-15(22)9-5-13/h4-11,17,20H,12H2,1-3H3,(H,24,26)/t17-,20+/m0/s1. The van der Waals surface area contributed by atoms with E-state index in [1.165, 1.54) is 23.9 Å². The summed E-state index contributed by atoms with van der Waals surface area (Å²) >= 11 is 7.43. The second kappa shape index (κ2) is 8.13.